The first-order chi connectivity index (χ1) is 8.25. The number of aliphatic carboxylic acids is 1. The molecule has 1 N–H and O–H groups in total. The average molecular weight is 226 g/mol. The van der Waals surface area contributed by atoms with Gasteiger partial charge in [0.05, 0.1) is 22.8 Å². The lowest BCUT2D eigenvalue weighted by atomic mass is 10.2. The summed E-state index contributed by atoms with van der Waals surface area (Å²) in [6.45, 7) is 0.581. The minimum Gasteiger partial charge on any atom is -0.478 e. The summed E-state index contributed by atoms with van der Waals surface area (Å²) in [5.74, 6) is -0.909. The van der Waals surface area contributed by atoms with Crippen molar-refractivity contribution in [3.05, 3.63) is 58.4 Å². The molecule has 4 heteroatoms. The van der Waals surface area contributed by atoms with Crippen LogP contribution in [-0.2, 0) is 4.79 Å². The smallest absolute Gasteiger partial charge is 0.337 e. The summed E-state index contributed by atoms with van der Waals surface area (Å²) in [5.41, 5.74) is 0.964. The topological polar surface area (TPSA) is 52.9 Å². The minimum absolute atomic E-state index is 0.317. The van der Waals surface area contributed by atoms with Crippen LogP contribution in [0.4, 0.5) is 0 Å². The zero-order valence-electron chi connectivity index (χ0n) is 9.00. The Bertz CT molecular complexity index is 671. The van der Waals surface area contributed by atoms with Gasteiger partial charge in [0.25, 0.3) is 0 Å². The van der Waals surface area contributed by atoms with E-state index in [-0.39, 0.29) is 0 Å². The second-order valence-corrected chi connectivity index (χ2v) is 3.91. The molecule has 0 fully saturated rings. The Morgan fingerprint density at radius 2 is 2.18 bits per heavy atom. The number of benzene rings is 1. The summed E-state index contributed by atoms with van der Waals surface area (Å²) in [4.78, 5) is 17.3. The fourth-order valence-electron chi connectivity index (χ4n) is 2.02. The Hall–Kier alpha value is -2.36. The summed E-state index contributed by atoms with van der Waals surface area (Å²) in [5, 5.41) is 10.9. The van der Waals surface area contributed by atoms with Crippen LogP contribution in [0.15, 0.2) is 52.8 Å². The van der Waals surface area contributed by atoms with Gasteiger partial charge in [-0.25, -0.2) is 4.79 Å². The molecule has 1 aromatic carbocycles. The Labute approximate surface area is 97.5 Å². The van der Waals surface area contributed by atoms with Gasteiger partial charge in [-0.3, -0.25) is 4.99 Å². The summed E-state index contributed by atoms with van der Waals surface area (Å²) < 4.78 is 0. The van der Waals surface area contributed by atoms with Gasteiger partial charge in [-0.15, -0.1) is 0 Å². The highest BCUT2D eigenvalue weighted by atomic mass is 16.4. The lowest BCUT2D eigenvalue weighted by molar-refractivity contribution is -0.132. The largest absolute Gasteiger partial charge is 0.478 e. The van der Waals surface area contributed by atoms with Gasteiger partial charge in [0, 0.05) is 18.0 Å². The molecule has 0 aliphatic carbocycles. The third-order valence-electron chi connectivity index (χ3n) is 2.87. The van der Waals surface area contributed by atoms with E-state index >= 15 is 0 Å². The average Bonchev–Trinajstić information content (AvgIpc) is 2.63. The number of fused-ring (bicyclic) bond motifs is 2. The number of carboxylic acids is 1. The van der Waals surface area contributed by atoms with Crippen molar-refractivity contribution in [3.63, 3.8) is 0 Å². The lowest BCUT2D eigenvalue weighted by Gasteiger charge is -2.13. The minimum atomic E-state index is -0.909. The van der Waals surface area contributed by atoms with Crippen LogP contribution < -0.4 is 10.6 Å². The van der Waals surface area contributed by atoms with Crippen LogP contribution in [0.5, 0.6) is 0 Å². The molecule has 0 unspecified atom stereocenters. The Morgan fingerprint density at radius 3 is 3.00 bits per heavy atom. The molecular formula is C13H10N2O2. The van der Waals surface area contributed by atoms with Crippen LogP contribution in [0, 0.1) is 0 Å². The molecule has 0 amide bonds. The number of rotatable bonds is 1. The molecule has 0 radical (unpaired) electrons. The number of carbonyl (C=O) groups is 1. The molecule has 0 saturated carbocycles. The van der Waals surface area contributed by atoms with E-state index in [1.807, 2.05) is 35.4 Å². The summed E-state index contributed by atoms with van der Waals surface area (Å²) in [6.07, 6.45) is 5.26. The molecular weight excluding hydrogens is 216 g/mol. The molecule has 0 aromatic heterocycles. The van der Waals surface area contributed by atoms with Gasteiger partial charge in [0.1, 0.15) is 0 Å². The quantitative estimate of drug-likeness (QED) is 0.745. The van der Waals surface area contributed by atoms with Gasteiger partial charge in [0.2, 0.25) is 0 Å². The second kappa shape index (κ2) is 3.59. The number of hydrogen-bond acceptors (Lipinski definition) is 3. The van der Waals surface area contributed by atoms with Crippen LogP contribution in [0.1, 0.15) is 0 Å². The molecule has 4 nitrogen and oxygen atoms in total. The van der Waals surface area contributed by atoms with Crippen molar-refractivity contribution in [3.8, 4) is 0 Å². The third-order valence-corrected chi connectivity index (χ3v) is 2.87. The van der Waals surface area contributed by atoms with Crippen LogP contribution in [0.2, 0.25) is 0 Å². The number of hydrogen-bond donors (Lipinski definition) is 1. The first-order valence-corrected chi connectivity index (χ1v) is 5.31. The zero-order valence-corrected chi connectivity index (χ0v) is 9.00. The van der Waals surface area contributed by atoms with Crippen LogP contribution in [0.3, 0.4) is 0 Å². The van der Waals surface area contributed by atoms with E-state index in [2.05, 4.69) is 4.99 Å². The van der Waals surface area contributed by atoms with E-state index in [0.717, 1.165) is 10.6 Å². The van der Waals surface area contributed by atoms with Crippen molar-refractivity contribution in [2.24, 2.45) is 4.99 Å². The SMILES string of the molecule is O=C(O)C1=CCN2C=c3ccccc3=NC=C12. The van der Waals surface area contributed by atoms with Gasteiger partial charge in [-0.05, 0) is 12.1 Å². The Balaban J connectivity index is 2.17. The maximum atomic E-state index is 11.1. The first kappa shape index (κ1) is 9.84. The maximum Gasteiger partial charge on any atom is 0.337 e. The van der Waals surface area contributed by atoms with Crippen molar-refractivity contribution in [1.29, 1.82) is 0 Å². The number of para-hydroxylation sites is 1. The normalized spacial score (nSPS) is 16.8. The molecule has 17 heavy (non-hydrogen) atoms. The molecule has 2 aliphatic heterocycles. The predicted molar refractivity (Wildman–Crippen MR) is 62.2 cm³/mol. The zero-order chi connectivity index (χ0) is 11.8. The summed E-state index contributed by atoms with van der Waals surface area (Å²) in [7, 11) is 0. The monoisotopic (exact) mass is 226 g/mol. The van der Waals surface area contributed by atoms with Gasteiger partial charge < -0.3 is 10.0 Å². The molecule has 3 rings (SSSR count). The number of carboxylic acid groups (broad SMARTS) is 1. The fourth-order valence-corrected chi connectivity index (χ4v) is 2.02. The van der Waals surface area contributed by atoms with Gasteiger partial charge >= 0.3 is 5.97 Å². The fraction of sp³-hybridized carbons (Fsp3) is 0.0769. The van der Waals surface area contributed by atoms with E-state index in [0.29, 0.717) is 17.8 Å². The van der Waals surface area contributed by atoms with Gasteiger partial charge in [0.15, 0.2) is 0 Å². The highest BCUT2D eigenvalue weighted by molar-refractivity contribution is 5.92. The Kier molecular flexibility index (Phi) is 2.08. The maximum absolute atomic E-state index is 11.1. The summed E-state index contributed by atoms with van der Waals surface area (Å²) >= 11 is 0. The molecule has 1 aromatic rings. The van der Waals surface area contributed by atoms with Crippen molar-refractivity contribution in [2.75, 3.05) is 6.54 Å². The molecule has 0 bridgehead atoms. The van der Waals surface area contributed by atoms with Crippen molar-refractivity contribution < 1.29 is 9.90 Å². The van der Waals surface area contributed by atoms with Crippen molar-refractivity contribution >= 4 is 12.2 Å². The third kappa shape index (κ3) is 1.54. The van der Waals surface area contributed by atoms with Crippen molar-refractivity contribution in [1.82, 2.24) is 4.90 Å². The van der Waals surface area contributed by atoms with E-state index in [9.17, 15) is 4.79 Å². The molecule has 84 valence electrons. The number of nitrogens with zero attached hydrogens (tertiary/aromatic N) is 2. The van der Waals surface area contributed by atoms with E-state index in [4.69, 9.17) is 5.11 Å². The van der Waals surface area contributed by atoms with E-state index in [1.165, 1.54) is 0 Å². The summed E-state index contributed by atoms with van der Waals surface area (Å²) in [6, 6.07) is 7.74. The molecule has 2 aliphatic rings. The molecule has 0 spiro atoms. The van der Waals surface area contributed by atoms with E-state index in [1.54, 1.807) is 12.3 Å². The lowest BCUT2D eigenvalue weighted by Crippen LogP contribution is -2.26. The van der Waals surface area contributed by atoms with Crippen LogP contribution in [-0.4, -0.2) is 22.5 Å². The second-order valence-electron chi connectivity index (χ2n) is 3.91. The van der Waals surface area contributed by atoms with Gasteiger partial charge in [-0.2, -0.15) is 0 Å². The van der Waals surface area contributed by atoms with Gasteiger partial charge in [-0.1, -0.05) is 18.2 Å². The van der Waals surface area contributed by atoms with Crippen molar-refractivity contribution in [2.45, 2.75) is 0 Å². The standard InChI is InChI=1S/C13H10N2O2/c16-13(17)10-5-6-15-8-9-3-1-2-4-11(9)14-7-12(10)15/h1-5,7-8H,6H2,(H,16,17). The molecule has 0 atom stereocenters. The highest BCUT2D eigenvalue weighted by Gasteiger charge is 2.24. The van der Waals surface area contributed by atoms with Crippen LogP contribution >= 0.6 is 0 Å². The Morgan fingerprint density at radius 1 is 1.35 bits per heavy atom. The predicted octanol–water partition coefficient (Wildman–Crippen LogP) is 0.226. The molecule has 0 saturated heterocycles. The first-order valence-electron chi connectivity index (χ1n) is 5.31. The molecule has 2 heterocycles. The van der Waals surface area contributed by atoms with Crippen LogP contribution in [0.25, 0.3) is 6.20 Å². The van der Waals surface area contributed by atoms with E-state index < -0.39 is 5.97 Å². The highest BCUT2D eigenvalue weighted by Crippen LogP contribution is 2.23.